The number of nitrogen functional groups attached to an aromatic ring is 1. The Morgan fingerprint density at radius 1 is 1.35 bits per heavy atom. The Morgan fingerprint density at radius 3 is 2.85 bits per heavy atom. The molecule has 7 nitrogen and oxygen atoms in total. The van der Waals surface area contributed by atoms with Gasteiger partial charge in [-0.3, -0.25) is 4.79 Å². The van der Waals surface area contributed by atoms with Crippen molar-refractivity contribution in [3.63, 3.8) is 0 Å². The number of carbonyl (C=O) groups excluding carboxylic acids is 1. The highest BCUT2D eigenvalue weighted by Crippen LogP contribution is 2.24. The molecule has 0 bridgehead atoms. The maximum absolute atomic E-state index is 12.6. The summed E-state index contributed by atoms with van der Waals surface area (Å²) in [4.78, 5) is 21.4. The molecule has 0 aliphatic rings. The highest BCUT2D eigenvalue weighted by atomic mass is 32.1. The Balaban J connectivity index is 1.85. The van der Waals surface area contributed by atoms with Gasteiger partial charge < -0.3 is 11.1 Å². The number of benzene rings is 1. The molecule has 8 heteroatoms. The predicted molar refractivity (Wildman–Crippen MR) is 102 cm³/mol. The molecule has 1 amide bonds. The Kier molecular flexibility index (Phi) is 5.22. The zero-order valence-corrected chi connectivity index (χ0v) is 15.7. The van der Waals surface area contributed by atoms with Crippen molar-refractivity contribution in [1.82, 2.24) is 25.5 Å². The molecule has 0 aliphatic heterocycles. The van der Waals surface area contributed by atoms with E-state index in [2.05, 4.69) is 32.4 Å². The summed E-state index contributed by atoms with van der Waals surface area (Å²) in [6.45, 7) is 5.77. The topological polar surface area (TPSA) is 107 Å². The largest absolute Gasteiger partial charge is 0.374 e. The summed E-state index contributed by atoms with van der Waals surface area (Å²) in [6.07, 6.45) is 2.66. The van der Waals surface area contributed by atoms with E-state index in [0.717, 1.165) is 23.2 Å². The third-order valence-electron chi connectivity index (χ3n) is 3.94. The molecule has 2 aromatic heterocycles. The van der Waals surface area contributed by atoms with E-state index in [0.29, 0.717) is 21.5 Å². The molecule has 2 heterocycles. The van der Waals surface area contributed by atoms with Gasteiger partial charge in [0.15, 0.2) is 0 Å². The first-order valence-corrected chi connectivity index (χ1v) is 9.12. The van der Waals surface area contributed by atoms with E-state index in [-0.39, 0.29) is 11.9 Å². The Hall–Kier alpha value is -2.87. The van der Waals surface area contributed by atoms with Gasteiger partial charge in [0.2, 0.25) is 5.13 Å². The van der Waals surface area contributed by atoms with E-state index >= 15 is 0 Å². The fraction of sp³-hybridized carbons (Fsp3) is 0.278. The van der Waals surface area contributed by atoms with Gasteiger partial charge >= 0.3 is 0 Å². The third-order valence-corrected chi connectivity index (χ3v) is 4.87. The molecule has 1 unspecified atom stereocenters. The van der Waals surface area contributed by atoms with Gasteiger partial charge in [-0.25, -0.2) is 9.97 Å². The van der Waals surface area contributed by atoms with Crippen LogP contribution in [0.25, 0.3) is 11.3 Å². The molecule has 1 aromatic carbocycles. The molecule has 0 aliphatic carbocycles. The van der Waals surface area contributed by atoms with Crippen LogP contribution in [0, 0.1) is 6.92 Å². The molecule has 3 aromatic rings. The summed E-state index contributed by atoms with van der Waals surface area (Å²) in [5.41, 5.74) is 8.97. The molecule has 26 heavy (non-hydrogen) atoms. The van der Waals surface area contributed by atoms with E-state index in [1.165, 1.54) is 11.3 Å². The number of amides is 1. The van der Waals surface area contributed by atoms with Crippen LogP contribution in [-0.4, -0.2) is 26.1 Å². The van der Waals surface area contributed by atoms with Gasteiger partial charge in [0, 0.05) is 17.3 Å². The number of aryl methyl sites for hydroxylation is 2. The van der Waals surface area contributed by atoms with E-state index in [1.54, 1.807) is 6.07 Å². The standard InChI is InChI=1S/C18H20N6OS/c1-4-12-9-20-11(3)22-15(12)13-6-5-7-14(8-13)16(25)21-10(2)17-23-24-18(19)26-17/h5-10H,4H2,1-3H3,(H2,19,24)(H,21,25). The summed E-state index contributed by atoms with van der Waals surface area (Å²) < 4.78 is 0. The van der Waals surface area contributed by atoms with Gasteiger partial charge in [0.05, 0.1) is 11.7 Å². The maximum atomic E-state index is 12.6. The summed E-state index contributed by atoms with van der Waals surface area (Å²) in [5, 5.41) is 11.7. The lowest BCUT2D eigenvalue weighted by Gasteiger charge is -2.12. The van der Waals surface area contributed by atoms with Crippen molar-refractivity contribution in [3.8, 4) is 11.3 Å². The number of hydrogen-bond donors (Lipinski definition) is 2. The smallest absolute Gasteiger partial charge is 0.251 e. The van der Waals surface area contributed by atoms with Crippen molar-refractivity contribution in [2.24, 2.45) is 0 Å². The number of hydrogen-bond acceptors (Lipinski definition) is 7. The fourth-order valence-corrected chi connectivity index (χ4v) is 3.19. The van der Waals surface area contributed by atoms with Gasteiger partial charge in [-0.15, -0.1) is 10.2 Å². The van der Waals surface area contributed by atoms with E-state index < -0.39 is 0 Å². The van der Waals surface area contributed by atoms with Crippen LogP contribution in [-0.2, 0) is 6.42 Å². The number of nitrogens with two attached hydrogens (primary N) is 1. The number of rotatable bonds is 5. The van der Waals surface area contributed by atoms with E-state index in [9.17, 15) is 4.79 Å². The molecule has 0 saturated carbocycles. The highest BCUT2D eigenvalue weighted by Gasteiger charge is 2.16. The lowest BCUT2D eigenvalue weighted by Crippen LogP contribution is -2.26. The molecule has 1 atom stereocenters. The van der Waals surface area contributed by atoms with Crippen LogP contribution < -0.4 is 11.1 Å². The van der Waals surface area contributed by atoms with Gasteiger partial charge in [-0.1, -0.05) is 30.4 Å². The second-order valence-corrected chi connectivity index (χ2v) is 6.94. The number of carbonyl (C=O) groups is 1. The van der Waals surface area contributed by atoms with Crippen LogP contribution in [0.5, 0.6) is 0 Å². The van der Waals surface area contributed by atoms with E-state index in [4.69, 9.17) is 5.73 Å². The van der Waals surface area contributed by atoms with Gasteiger partial charge in [-0.2, -0.15) is 0 Å². The normalized spacial score (nSPS) is 12.0. The van der Waals surface area contributed by atoms with E-state index in [1.807, 2.05) is 38.2 Å². The lowest BCUT2D eigenvalue weighted by molar-refractivity contribution is 0.0940. The van der Waals surface area contributed by atoms with Crippen molar-refractivity contribution in [2.75, 3.05) is 5.73 Å². The number of aromatic nitrogens is 4. The Labute approximate surface area is 155 Å². The summed E-state index contributed by atoms with van der Waals surface area (Å²) in [5.74, 6) is 0.520. The summed E-state index contributed by atoms with van der Waals surface area (Å²) in [7, 11) is 0. The minimum atomic E-state index is -0.270. The number of anilines is 1. The second kappa shape index (κ2) is 7.57. The van der Waals surface area contributed by atoms with Crippen molar-refractivity contribution in [1.29, 1.82) is 0 Å². The van der Waals surface area contributed by atoms with Crippen molar-refractivity contribution in [2.45, 2.75) is 33.2 Å². The molecule has 0 radical (unpaired) electrons. The molecule has 0 spiro atoms. The van der Waals surface area contributed by atoms with Crippen molar-refractivity contribution >= 4 is 22.4 Å². The number of nitrogens with zero attached hydrogens (tertiary/aromatic N) is 4. The van der Waals surface area contributed by atoms with Crippen LogP contribution in [0.1, 0.15) is 46.6 Å². The van der Waals surface area contributed by atoms with Gasteiger partial charge in [0.1, 0.15) is 10.8 Å². The van der Waals surface area contributed by atoms with Crippen LogP contribution in [0.4, 0.5) is 5.13 Å². The maximum Gasteiger partial charge on any atom is 0.251 e. The van der Waals surface area contributed by atoms with Crippen LogP contribution >= 0.6 is 11.3 Å². The monoisotopic (exact) mass is 368 g/mol. The second-order valence-electron chi connectivity index (χ2n) is 5.90. The first kappa shape index (κ1) is 17.9. The summed E-state index contributed by atoms with van der Waals surface area (Å²) >= 11 is 1.26. The molecule has 3 N–H and O–H groups in total. The highest BCUT2D eigenvalue weighted by molar-refractivity contribution is 7.15. The Bertz CT molecular complexity index is 939. The zero-order chi connectivity index (χ0) is 18.7. The molecule has 134 valence electrons. The molecule has 0 fully saturated rings. The molecular formula is C18H20N6OS. The van der Waals surface area contributed by atoms with Gasteiger partial charge in [-0.05, 0) is 38.0 Å². The first-order chi connectivity index (χ1) is 12.5. The molecule has 0 saturated heterocycles. The minimum absolute atomic E-state index is 0.183. The number of nitrogens with one attached hydrogen (secondary N) is 1. The Morgan fingerprint density at radius 2 is 2.15 bits per heavy atom. The summed E-state index contributed by atoms with van der Waals surface area (Å²) in [6, 6.07) is 7.16. The minimum Gasteiger partial charge on any atom is -0.374 e. The molecular weight excluding hydrogens is 348 g/mol. The average molecular weight is 368 g/mol. The van der Waals surface area contributed by atoms with Crippen molar-refractivity contribution in [3.05, 3.63) is 52.4 Å². The van der Waals surface area contributed by atoms with Crippen molar-refractivity contribution < 1.29 is 4.79 Å². The average Bonchev–Trinajstić information content (AvgIpc) is 3.08. The van der Waals surface area contributed by atoms with Crippen LogP contribution in [0.15, 0.2) is 30.5 Å². The quantitative estimate of drug-likeness (QED) is 0.717. The lowest BCUT2D eigenvalue weighted by atomic mass is 10.0. The zero-order valence-electron chi connectivity index (χ0n) is 14.9. The first-order valence-electron chi connectivity index (χ1n) is 8.30. The van der Waals surface area contributed by atoms with Crippen LogP contribution in [0.3, 0.4) is 0 Å². The SMILES string of the molecule is CCc1cnc(C)nc1-c1cccc(C(=O)NC(C)c2nnc(N)s2)c1. The third kappa shape index (κ3) is 3.85. The van der Waals surface area contributed by atoms with Gasteiger partial charge in [0.25, 0.3) is 5.91 Å². The fourth-order valence-electron chi connectivity index (χ4n) is 2.57. The predicted octanol–water partition coefficient (Wildman–Crippen LogP) is 2.94. The molecule has 3 rings (SSSR count). The van der Waals surface area contributed by atoms with Crippen LogP contribution in [0.2, 0.25) is 0 Å².